The highest BCUT2D eigenvalue weighted by Crippen LogP contribution is 2.67. The Morgan fingerprint density at radius 3 is 2.40 bits per heavy atom. The topological polar surface area (TPSA) is 195 Å². The predicted molar refractivity (Wildman–Crippen MR) is 174 cm³/mol. The van der Waals surface area contributed by atoms with Crippen LogP contribution in [0, 0.1) is 32.8 Å². The fourth-order valence-corrected chi connectivity index (χ4v) is 8.75. The summed E-state index contributed by atoms with van der Waals surface area (Å²) in [5, 5.41) is 23.5. The molecule has 2 aliphatic carbocycles. The van der Waals surface area contributed by atoms with Crippen LogP contribution in [0.5, 0.6) is 5.75 Å². The molecule has 6 rings (SSSR count). The van der Waals surface area contributed by atoms with Crippen molar-refractivity contribution in [1.82, 2.24) is 4.98 Å². The minimum absolute atomic E-state index is 0.0458. The van der Waals surface area contributed by atoms with Gasteiger partial charge in [-0.05, 0) is 61.8 Å². The number of nitro groups is 1. The number of carbonyl (C=O) groups is 3. The van der Waals surface area contributed by atoms with Gasteiger partial charge in [-0.25, -0.2) is 9.59 Å². The third-order valence-corrected chi connectivity index (χ3v) is 11.0. The molecular formula is C36H38N2O12. The molecule has 0 saturated heterocycles. The van der Waals surface area contributed by atoms with Gasteiger partial charge in [-0.2, -0.15) is 0 Å². The molecule has 3 heterocycles. The van der Waals surface area contributed by atoms with E-state index in [-0.39, 0.29) is 41.4 Å². The second kappa shape index (κ2) is 12.7. The summed E-state index contributed by atoms with van der Waals surface area (Å²) >= 11 is 0. The zero-order chi connectivity index (χ0) is 36.2. The number of benzene rings is 1. The number of nitro benzene ring substituents is 1. The molecule has 3 aromatic rings. The first-order valence-electron chi connectivity index (χ1n) is 16.3. The fourth-order valence-electron chi connectivity index (χ4n) is 8.75. The zero-order valence-electron chi connectivity index (χ0n) is 28.2. The van der Waals surface area contributed by atoms with Crippen LogP contribution in [0.3, 0.4) is 0 Å². The summed E-state index contributed by atoms with van der Waals surface area (Å²) in [6.45, 7) is 7.93. The van der Waals surface area contributed by atoms with E-state index in [4.69, 9.17) is 23.4 Å². The second-order valence-electron chi connectivity index (χ2n) is 14.0. The van der Waals surface area contributed by atoms with Gasteiger partial charge in [-0.15, -0.1) is 0 Å². The Kier molecular flexibility index (Phi) is 8.79. The highest BCUT2D eigenvalue weighted by molar-refractivity contribution is 5.89. The van der Waals surface area contributed by atoms with Crippen molar-refractivity contribution in [2.75, 3.05) is 6.61 Å². The van der Waals surface area contributed by atoms with Crippen LogP contribution < -0.4 is 10.4 Å². The third-order valence-electron chi connectivity index (χ3n) is 11.0. The summed E-state index contributed by atoms with van der Waals surface area (Å²) in [7, 11) is 0. The minimum atomic E-state index is -1.46. The first kappa shape index (κ1) is 34.7. The highest BCUT2D eigenvalue weighted by Gasteiger charge is 2.71. The molecule has 8 atom stereocenters. The van der Waals surface area contributed by atoms with E-state index in [1.54, 1.807) is 25.3 Å². The van der Waals surface area contributed by atoms with Crippen molar-refractivity contribution < 1.29 is 47.8 Å². The van der Waals surface area contributed by atoms with Crippen LogP contribution in [0.2, 0.25) is 0 Å². The van der Waals surface area contributed by atoms with Gasteiger partial charge in [0.05, 0.1) is 16.6 Å². The molecule has 3 aliphatic rings. The molecule has 2 saturated carbocycles. The van der Waals surface area contributed by atoms with Crippen molar-refractivity contribution in [1.29, 1.82) is 0 Å². The van der Waals surface area contributed by atoms with Crippen LogP contribution in [0.25, 0.3) is 11.3 Å². The van der Waals surface area contributed by atoms with Crippen molar-refractivity contribution >= 4 is 23.6 Å². The lowest BCUT2D eigenvalue weighted by molar-refractivity contribution is -0.384. The van der Waals surface area contributed by atoms with Gasteiger partial charge in [0, 0.05) is 61.3 Å². The van der Waals surface area contributed by atoms with E-state index in [9.17, 15) is 34.4 Å². The molecule has 1 aliphatic heterocycles. The van der Waals surface area contributed by atoms with Crippen LogP contribution in [-0.2, 0) is 23.8 Å². The number of aromatic nitrogens is 1. The first-order valence-corrected chi connectivity index (χ1v) is 16.3. The number of esters is 3. The van der Waals surface area contributed by atoms with Gasteiger partial charge in [-0.1, -0.05) is 13.8 Å². The molecule has 264 valence electrons. The van der Waals surface area contributed by atoms with E-state index in [0.717, 1.165) is 0 Å². The predicted octanol–water partition coefficient (Wildman–Crippen LogP) is 4.96. The molecule has 1 N–H and O–H groups in total. The quantitative estimate of drug-likeness (QED) is 0.151. The Bertz CT molecular complexity index is 1890. The van der Waals surface area contributed by atoms with Crippen LogP contribution in [0.4, 0.5) is 5.69 Å². The normalized spacial score (nSPS) is 31.1. The van der Waals surface area contributed by atoms with Crippen molar-refractivity contribution in [3.8, 4) is 17.1 Å². The summed E-state index contributed by atoms with van der Waals surface area (Å²) in [5.74, 6) is -3.06. The van der Waals surface area contributed by atoms with Gasteiger partial charge in [0.25, 0.3) is 5.69 Å². The molecule has 14 nitrogen and oxygen atoms in total. The SMILES string of the molecule is CC(=O)OC[C@@]1(C)[C@@H]2C[C@H](OC(=O)c3ccc([N+](=O)[O-])cc3)[C@@]3(C)Oc4cc(-c5cccnc5)oc(=O)c4[C@H](O)[C@@H]3[C@@]2(C)CC[C@@H]1OC(C)=O. The number of hydrogen-bond donors (Lipinski definition) is 1. The van der Waals surface area contributed by atoms with Crippen LogP contribution in [0.1, 0.15) is 75.9 Å². The minimum Gasteiger partial charge on any atom is -0.482 e. The number of rotatable bonds is 7. The molecule has 0 bridgehead atoms. The maximum absolute atomic E-state index is 13.7. The van der Waals surface area contributed by atoms with Crippen molar-refractivity contribution in [3.05, 3.63) is 86.5 Å². The Morgan fingerprint density at radius 1 is 1.06 bits per heavy atom. The number of nitrogens with zero attached hydrogens (tertiary/aromatic N) is 2. The van der Waals surface area contributed by atoms with Crippen LogP contribution >= 0.6 is 0 Å². The van der Waals surface area contributed by atoms with Crippen molar-refractivity contribution in [3.63, 3.8) is 0 Å². The fraction of sp³-hybridized carbons (Fsp3) is 0.472. The Hall–Kier alpha value is -5.11. The molecule has 0 spiro atoms. The Morgan fingerprint density at radius 2 is 1.78 bits per heavy atom. The number of non-ortho nitro benzene ring substituents is 1. The summed E-state index contributed by atoms with van der Waals surface area (Å²) in [4.78, 5) is 66.5. The molecule has 14 heteroatoms. The Labute approximate surface area is 286 Å². The molecule has 0 unspecified atom stereocenters. The van der Waals surface area contributed by atoms with Crippen molar-refractivity contribution in [2.24, 2.45) is 22.7 Å². The summed E-state index contributed by atoms with van der Waals surface area (Å²) in [6, 6.07) is 9.83. The third kappa shape index (κ3) is 5.80. The monoisotopic (exact) mass is 690 g/mol. The number of hydrogen-bond acceptors (Lipinski definition) is 13. The van der Waals surface area contributed by atoms with E-state index in [1.165, 1.54) is 50.4 Å². The van der Waals surface area contributed by atoms with E-state index in [2.05, 4.69) is 4.98 Å². The van der Waals surface area contributed by atoms with Gasteiger partial charge >= 0.3 is 23.5 Å². The molecule has 0 amide bonds. The number of aliphatic hydroxyl groups excluding tert-OH is 1. The van der Waals surface area contributed by atoms with Crippen molar-refractivity contribution in [2.45, 2.75) is 77.8 Å². The molecule has 50 heavy (non-hydrogen) atoms. The van der Waals surface area contributed by atoms with Crippen LogP contribution in [-0.4, -0.2) is 57.3 Å². The summed E-state index contributed by atoms with van der Waals surface area (Å²) in [6.07, 6.45) is 0.714. The lowest BCUT2D eigenvalue weighted by Gasteiger charge is -2.66. The van der Waals surface area contributed by atoms with Gasteiger partial charge in [0.15, 0.2) is 0 Å². The zero-order valence-corrected chi connectivity index (χ0v) is 28.2. The summed E-state index contributed by atoms with van der Waals surface area (Å²) < 4.78 is 30.0. The number of fused-ring (bicyclic) bond motifs is 4. The Balaban J connectivity index is 1.49. The van der Waals surface area contributed by atoms with E-state index >= 15 is 0 Å². The number of aliphatic hydroxyl groups is 1. The molecule has 2 fully saturated rings. The lowest BCUT2D eigenvalue weighted by atomic mass is 9.42. The highest BCUT2D eigenvalue weighted by atomic mass is 16.6. The van der Waals surface area contributed by atoms with Gasteiger partial charge in [0.1, 0.15) is 41.5 Å². The standard InChI is InChI=1S/C36H38N2O12/c1-19(39)46-18-35(4)26-16-28(49-32(42)21-8-10-23(11-9-21)38(44)45)36(5)31(34(26,3)13-12-27(35)47-20(2)40)30(41)29-25(50-36)15-24(48-33(29)43)22-7-6-14-37-17-22/h6-11,14-15,17,26-28,30-31,41H,12-13,16,18H2,1-5H3/t26-,27+,28+,30+,31-,34+,35+,36-/m1/s1. The smallest absolute Gasteiger partial charge is 0.345 e. The number of carbonyl (C=O) groups excluding carboxylic acids is 3. The largest absolute Gasteiger partial charge is 0.482 e. The summed E-state index contributed by atoms with van der Waals surface area (Å²) in [5.41, 5.74) is -3.89. The lowest BCUT2D eigenvalue weighted by Crippen LogP contribution is -2.71. The molecule has 0 radical (unpaired) electrons. The second-order valence-corrected chi connectivity index (χ2v) is 14.0. The maximum atomic E-state index is 13.7. The first-order chi connectivity index (χ1) is 23.6. The van der Waals surface area contributed by atoms with E-state index < -0.39 is 75.0 Å². The van der Waals surface area contributed by atoms with Crippen LogP contribution in [0.15, 0.2) is 64.1 Å². The van der Waals surface area contributed by atoms with E-state index in [1.807, 2.05) is 13.8 Å². The molecular weight excluding hydrogens is 652 g/mol. The van der Waals surface area contributed by atoms with E-state index in [0.29, 0.717) is 18.4 Å². The molecule has 2 aromatic heterocycles. The molecule has 1 aromatic carbocycles. The van der Waals surface area contributed by atoms with Gasteiger partial charge < -0.3 is 28.5 Å². The maximum Gasteiger partial charge on any atom is 0.345 e. The number of pyridine rings is 1. The average Bonchev–Trinajstić information content (AvgIpc) is 3.06. The van der Waals surface area contributed by atoms with Gasteiger partial charge in [0.2, 0.25) is 0 Å². The average molecular weight is 691 g/mol. The number of ether oxygens (including phenoxy) is 4. The van der Waals surface area contributed by atoms with Gasteiger partial charge in [-0.3, -0.25) is 24.7 Å².